The summed E-state index contributed by atoms with van der Waals surface area (Å²) in [6.07, 6.45) is 3.12. The second kappa shape index (κ2) is 9.28. The zero-order valence-electron chi connectivity index (χ0n) is 13.1. The molecule has 1 rings (SSSR count). The molecule has 0 aromatic carbocycles. The molecule has 118 valence electrons. The van der Waals surface area contributed by atoms with E-state index in [0.717, 1.165) is 30.7 Å². The number of rotatable bonds is 10. The number of ether oxygens (including phenoxy) is 1. The van der Waals surface area contributed by atoms with Gasteiger partial charge in [0, 0.05) is 19.8 Å². The molecule has 0 spiro atoms. The molecule has 0 saturated carbocycles. The van der Waals surface area contributed by atoms with E-state index >= 15 is 0 Å². The minimum atomic E-state index is -0.957. The van der Waals surface area contributed by atoms with Gasteiger partial charge in [0.05, 0.1) is 5.69 Å². The topological polar surface area (TPSA) is 84.3 Å². The van der Waals surface area contributed by atoms with Crippen molar-refractivity contribution in [3.8, 4) is 0 Å². The van der Waals surface area contributed by atoms with Crippen LogP contribution in [0, 0.1) is 0 Å². The Morgan fingerprint density at radius 3 is 2.52 bits per heavy atom. The Labute approximate surface area is 125 Å². The van der Waals surface area contributed by atoms with Crippen molar-refractivity contribution < 1.29 is 14.6 Å². The molecule has 0 aliphatic rings. The smallest absolute Gasteiger partial charge is 0.339 e. The lowest BCUT2D eigenvalue weighted by molar-refractivity contribution is 0.0696. The molecule has 0 aliphatic heterocycles. The van der Waals surface area contributed by atoms with Crippen molar-refractivity contribution in [1.82, 2.24) is 10.2 Å². The van der Waals surface area contributed by atoms with E-state index in [0.29, 0.717) is 31.8 Å². The summed E-state index contributed by atoms with van der Waals surface area (Å²) in [5, 5.41) is 20.7. The molecule has 1 aromatic rings. The number of anilines is 1. The van der Waals surface area contributed by atoms with Crippen LogP contribution in [0.25, 0.3) is 0 Å². The van der Waals surface area contributed by atoms with Crippen LogP contribution in [0.2, 0.25) is 0 Å². The van der Waals surface area contributed by atoms with E-state index in [-0.39, 0.29) is 5.56 Å². The molecule has 0 aliphatic carbocycles. The second-order valence-corrected chi connectivity index (χ2v) is 4.75. The van der Waals surface area contributed by atoms with Gasteiger partial charge < -0.3 is 15.2 Å². The third kappa shape index (κ3) is 4.97. The third-order valence-corrected chi connectivity index (χ3v) is 3.17. The largest absolute Gasteiger partial charge is 0.478 e. The Kier molecular flexibility index (Phi) is 7.68. The normalized spacial score (nSPS) is 10.6. The summed E-state index contributed by atoms with van der Waals surface area (Å²) in [6.45, 7) is 7.98. The van der Waals surface area contributed by atoms with Crippen molar-refractivity contribution in [1.29, 1.82) is 0 Å². The molecule has 0 atom stereocenters. The van der Waals surface area contributed by atoms with Crippen LogP contribution in [0.15, 0.2) is 0 Å². The summed E-state index contributed by atoms with van der Waals surface area (Å²) in [5.74, 6) is -0.603. The van der Waals surface area contributed by atoms with Gasteiger partial charge in [-0.15, -0.1) is 5.10 Å². The van der Waals surface area contributed by atoms with Gasteiger partial charge in [-0.3, -0.25) is 0 Å². The predicted molar refractivity (Wildman–Crippen MR) is 82.0 cm³/mol. The van der Waals surface area contributed by atoms with Crippen molar-refractivity contribution in [2.45, 2.75) is 46.5 Å². The van der Waals surface area contributed by atoms with Crippen LogP contribution in [0.5, 0.6) is 0 Å². The van der Waals surface area contributed by atoms with Crippen LogP contribution < -0.4 is 5.32 Å². The number of aromatic carboxylic acids is 1. The molecule has 6 nitrogen and oxygen atoms in total. The van der Waals surface area contributed by atoms with Gasteiger partial charge in [-0.1, -0.05) is 20.8 Å². The molecule has 1 aromatic heterocycles. The Balaban J connectivity index is 2.75. The molecule has 2 N–H and O–H groups in total. The highest BCUT2D eigenvalue weighted by Gasteiger charge is 2.19. The summed E-state index contributed by atoms with van der Waals surface area (Å²) in [5.41, 5.74) is 1.77. The number of carboxylic acid groups (broad SMARTS) is 1. The first kappa shape index (κ1) is 17.4. The summed E-state index contributed by atoms with van der Waals surface area (Å²) < 4.78 is 5.39. The fourth-order valence-electron chi connectivity index (χ4n) is 2.15. The average Bonchev–Trinajstić information content (AvgIpc) is 2.49. The van der Waals surface area contributed by atoms with E-state index in [1.165, 1.54) is 0 Å². The van der Waals surface area contributed by atoms with E-state index in [4.69, 9.17) is 4.74 Å². The van der Waals surface area contributed by atoms with Crippen LogP contribution in [-0.2, 0) is 17.6 Å². The number of hydrogen-bond donors (Lipinski definition) is 2. The van der Waals surface area contributed by atoms with E-state index in [2.05, 4.69) is 22.4 Å². The monoisotopic (exact) mass is 295 g/mol. The lowest BCUT2D eigenvalue weighted by Crippen LogP contribution is -2.16. The fraction of sp³-hybridized carbons (Fsp3) is 0.667. The molecule has 0 unspecified atom stereocenters. The number of aromatic nitrogens is 2. The van der Waals surface area contributed by atoms with Crippen molar-refractivity contribution in [2.75, 3.05) is 25.1 Å². The molecule has 0 amide bonds. The molecule has 6 heteroatoms. The SMILES string of the molecule is CCCOCCCNc1nnc(CC)c(CC)c1C(=O)O. The number of carbonyl (C=O) groups is 1. The molecule has 0 radical (unpaired) electrons. The van der Waals surface area contributed by atoms with Gasteiger partial charge in [-0.25, -0.2) is 4.79 Å². The van der Waals surface area contributed by atoms with E-state index < -0.39 is 5.97 Å². The highest BCUT2D eigenvalue weighted by molar-refractivity contribution is 5.95. The molecule has 0 saturated heterocycles. The first-order valence-corrected chi connectivity index (χ1v) is 7.58. The lowest BCUT2D eigenvalue weighted by Gasteiger charge is -2.13. The number of nitrogens with zero attached hydrogens (tertiary/aromatic N) is 2. The van der Waals surface area contributed by atoms with Gasteiger partial charge in [0.15, 0.2) is 5.82 Å². The van der Waals surface area contributed by atoms with Gasteiger partial charge in [-0.2, -0.15) is 5.10 Å². The number of aryl methyl sites for hydroxylation is 1. The van der Waals surface area contributed by atoms with Gasteiger partial charge in [0.2, 0.25) is 0 Å². The van der Waals surface area contributed by atoms with Crippen molar-refractivity contribution in [2.24, 2.45) is 0 Å². The molecule has 1 heterocycles. The Morgan fingerprint density at radius 2 is 1.95 bits per heavy atom. The first-order valence-electron chi connectivity index (χ1n) is 7.58. The van der Waals surface area contributed by atoms with E-state index in [1.54, 1.807) is 0 Å². The Bertz CT molecular complexity index is 464. The minimum absolute atomic E-state index is 0.249. The number of hydrogen-bond acceptors (Lipinski definition) is 5. The van der Waals surface area contributed by atoms with Crippen molar-refractivity contribution >= 4 is 11.8 Å². The highest BCUT2D eigenvalue weighted by atomic mass is 16.5. The maximum absolute atomic E-state index is 11.5. The van der Waals surface area contributed by atoms with Gasteiger partial charge in [0.25, 0.3) is 0 Å². The average molecular weight is 295 g/mol. The maximum Gasteiger partial charge on any atom is 0.339 e. The van der Waals surface area contributed by atoms with E-state index in [9.17, 15) is 9.90 Å². The van der Waals surface area contributed by atoms with Crippen LogP contribution >= 0.6 is 0 Å². The summed E-state index contributed by atoms with van der Waals surface area (Å²) in [6, 6.07) is 0. The molecular formula is C15H25N3O3. The first-order chi connectivity index (χ1) is 10.2. The second-order valence-electron chi connectivity index (χ2n) is 4.75. The summed E-state index contributed by atoms with van der Waals surface area (Å²) in [7, 11) is 0. The molecular weight excluding hydrogens is 270 g/mol. The molecule has 21 heavy (non-hydrogen) atoms. The van der Waals surface area contributed by atoms with Crippen LogP contribution in [0.4, 0.5) is 5.82 Å². The Hall–Kier alpha value is -1.69. The van der Waals surface area contributed by atoms with Crippen molar-refractivity contribution in [3.05, 3.63) is 16.8 Å². The maximum atomic E-state index is 11.5. The zero-order chi connectivity index (χ0) is 15.7. The van der Waals surface area contributed by atoms with Crippen LogP contribution in [-0.4, -0.2) is 41.0 Å². The Morgan fingerprint density at radius 1 is 1.19 bits per heavy atom. The van der Waals surface area contributed by atoms with Gasteiger partial charge in [0.1, 0.15) is 5.56 Å². The third-order valence-electron chi connectivity index (χ3n) is 3.17. The number of carboxylic acids is 1. The standard InChI is InChI=1S/C15H25N3O3/c1-4-9-21-10-7-8-16-14-13(15(19)20)11(5-2)12(6-3)17-18-14/h4-10H2,1-3H3,(H,16,18)(H,19,20). The van der Waals surface area contributed by atoms with Crippen LogP contribution in [0.1, 0.15) is 55.2 Å². The number of nitrogens with one attached hydrogen (secondary N) is 1. The predicted octanol–water partition coefficient (Wildman–Crippen LogP) is 2.53. The van der Waals surface area contributed by atoms with Crippen LogP contribution in [0.3, 0.4) is 0 Å². The summed E-state index contributed by atoms with van der Waals surface area (Å²) >= 11 is 0. The van der Waals surface area contributed by atoms with Gasteiger partial charge in [-0.05, 0) is 31.2 Å². The quantitative estimate of drug-likeness (QED) is 0.645. The fourth-order valence-corrected chi connectivity index (χ4v) is 2.15. The summed E-state index contributed by atoms with van der Waals surface area (Å²) in [4.78, 5) is 11.5. The minimum Gasteiger partial charge on any atom is -0.478 e. The molecule has 0 bridgehead atoms. The lowest BCUT2D eigenvalue weighted by atomic mass is 10.0. The van der Waals surface area contributed by atoms with Crippen molar-refractivity contribution in [3.63, 3.8) is 0 Å². The van der Waals surface area contributed by atoms with Gasteiger partial charge >= 0.3 is 5.97 Å². The van der Waals surface area contributed by atoms with E-state index in [1.807, 2.05) is 13.8 Å². The highest BCUT2D eigenvalue weighted by Crippen LogP contribution is 2.20. The zero-order valence-corrected chi connectivity index (χ0v) is 13.1. The molecule has 0 fully saturated rings.